The van der Waals surface area contributed by atoms with Crippen LogP contribution in [-0.4, -0.2) is 21.7 Å². The second-order valence-electron chi connectivity index (χ2n) is 5.99. The Morgan fingerprint density at radius 1 is 1.00 bits per heavy atom. The molecule has 2 N–H and O–H groups in total. The Hall–Kier alpha value is -1.54. The fourth-order valence-electron chi connectivity index (χ4n) is 3.17. The van der Waals surface area contributed by atoms with Crippen LogP contribution in [0, 0.1) is 10.5 Å². The maximum atomic E-state index is 12.7. The normalized spacial score (nSPS) is 13.1. The summed E-state index contributed by atoms with van der Waals surface area (Å²) in [5.41, 5.74) is 3.50. The summed E-state index contributed by atoms with van der Waals surface area (Å²) in [6.45, 7) is 1.77. The minimum absolute atomic E-state index is 0.133. The van der Waals surface area contributed by atoms with Gasteiger partial charge in [0, 0.05) is 9.13 Å². The van der Waals surface area contributed by atoms with Crippen LogP contribution >= 0.6 is 57.4 Å². The molecule has 27 heavy (non-hydrogen) atoms. The molecule has 0 saturated heterocycles. The highest BCUT2D eigenvalue weighted by Gasteiger charge is 2.36. The lowest BCUT2D eigenvalue weighted by molar-refractivity contribution is 0.101. The molecule has 1 amide bonds. The van der Waals surface area contributed by atoms with Gasteiger partial charge in [-0.2, -0.15) is 0 Å². The van der Waals surface area contributed by atoms with Crippen molar-refractivity contribution in [3.05, 3.63) is 71.2 Å². The van der Waals surface area contributed by atoms with Crippen molar-refractivity contribution < 1.29 is 9.90 Å². The second-order valence-corrected chi connectivity index (χ2v) is 8.20. The van der Waals surface area contributed by atoms with Crippen molar-refractivity contribution in [1.82, 2.24) is 4.98 Å². The summed E-state index contributed by atoms with van der Waals surface area (Å²) in [4.78, 5) is 19.8. The number of halogens is 4. The van der Waals surface area contributed by atoms with Crippen molar-refractivity contribution in [2.75, 3.05) is 0 Å². The number of nitrogens with one attached hydrogen (secondary N) is 1. The van der Waals surface area contributed by atoms with Crippen LogP contribution in [-0.2, 0) is 0 Å². The summed E-state index contributed by atoms with van der Waals surface area (Å²) in [6.07, 6.45) is 0. The predicted octanol–water partition coefficient (Wildman–Crippen LogP) is 6.25. The molecule has 2 heterocycles. The van der Waals surface area contributed by atoms with Gasteiger partial charge in [-0.3, -0.25) is 4.79 Å². The van der Waals surface area contributed by atoms with Crippen LogP contribution in [0.15, 0.2) is 35.3 Å². The number of hydrogen-bond acceptors (Lipinski definition) is 2. The number of carbonyl (C=O) groups excluding carboxylic acids is 1. The zero-order chi connectivity index (χ0) is 19.5. The van der Waals surface area contributed by atoms with E-state index in [4.69, 9.17) is 34.8 Å². The molecule has 1 aliphatic heterocycles. The molecule has 0 bridgehead atoms. The molecule has 0 atom stereocenters. The van der Waals surface area contributed by atoms with Gasteiger partial charge in [0.1, 0.15) is 0 Å². The minimum Gasteiger partial charge on any atom is -0.494 e. The first kappa shape index (κ1) is 18.8. The van der Waals surface area contributed by atoms with E-state index in [1.165, 1.54) is 0 Å². The van der Waals surface area contributed by atoms with Crippen molar-refractivity contribution in [2.45, 2.75) is 6.92 Å². The van der Waals surface area contributed by atoms with Crippen molar-refractivity contribution >= 4 is 69.0 Å². The topological polar surface area (TPSA) is 65.5 Å². The first-order chi connectivity index (χ1) is 12.8. The smallest absolute Gasteiger partial charge is 0.280 e. The number of carbonyl (C=O) groups is 1. The van der Waals surface area contributed by atoms with E-state index in [9.17, 15) is 9.90 Å². The molecule has 0 radical (unpaired) electrons. The third kappa shape index (κ3) is 2.79. The molecule has 8 heteroatoms. The van der Waals surface area contributed by atoms with Gasteiger partial charge in [0.25, 0.3) is 5.91 Å². The number of rotatable bonds is 2. The third-order valence-corrected chi connectivity index (χ3v) is 7.26. The van der Waals surface area contributed by atoms with E-state index in [-0.39, 0.29) is 15.9 Å². The highest BCUT2D eigenvalue weighted by Crippen LogP contribution is 2.44. The second kappa shape index (κ2) is 6.81. The fraction of sp³-hybridized carbons (Fsp3) is 0.0526. The molecule has 3 aromatic rings. The highest BCUT2D eigenvalue weighted by atomic mass is 127. The Kier molecular flexibility index (Phi) is 4.74. The number of amides is 1. The number of aromatic amines is 1. The van der Waals surface area contributed by atoms with E-state index in [0.717, 1.165) is 5.56 Å². The molecular formula is C19H10Cl3IN2O2. The summed E-state index contributed by atoms with van der Waals surface area (Å²) in [5, 5.41) is 11.4. The standard InChI is InChI=1S/C19H10Cl3IN2O2/c1-7-9(15(23)14(22)13(21)12(7)20)17-11-10(18(26)25-17)16(24-19(11)27)8-5-3-2-4-6-8/h2-6,24,27H,1H3. The monoisotopic (exact) mass is 530 g/mol. The van der Waals surface area contributed by atoms with Crippen molar-refractivity contribution in [1.29, 1.82) is 0 Å². The number of hydrogen-bond donors (Lipinski definition) is 2. The van der Waals surface area contributed by atoms with E-state index in [0.29, 0.717) is 42.3 Å². The van der Waals surface area contributed by atoms with Gasteiger partial charge in [0.05, 0.1) is 37.6 Å². The van der Waals surface area contributed by atoms with Gasteiger partial charge < -0.3 is 10.1 Å². The first-order valence-electron chi connectivity index (χ1n) is 7.79. The zero-order valence-corrected chi connectivity index (χ0v) is 18.1. The van der Waals surface area contributed by atoms with Crippen molar-refractivity contribution in [2.24, 2.45) is 4.99 Å². The molecule has 1 aromatic heterocycles. The molecule has 4 nitrogen and oxygen atoms in total. The van der Waals surface area contributed by atoms with Gasteiger partial charge in [0.2, 0.25) is 0 Å². The lowest BCUT2D eigenvalue weighted by Crippen LogP contribution is -2.07. The molecule has 2 aromatic carbocycles. The van der Waals surface area contributed by atoms with E-state index in [2.05, 4.69) is 9.98 Å². The van der Waals surface area contributed by atoms with Crippen LogP contribution in [0.25, 0.3) is 11.3 Å². The van der Waals surface area contributed by atoms with Crippen LogP contribution < -0.4 is 0 Å². The van der Waals surface area contributed by atoms with Crippen LogP contribution in [0.5, 0.6) is 5.88 Å². The Morgan fingerprint density at radius 2 is 1.67 bits per heavy atom. The molecule has 0 spiro atoms. The maximum absolute atomic E-state index is 12.7. The number of aromatic nitrogens is 1. The molecule has 1 aliphatic rings. The van der Waals surface area contributed by atoms with Crippen molar-refractivity contribution in [3.63, 3.8) is 0 Å². The van der Waals surface area contributed by atoms with E-state index in [1.54, 1.807) is 6.92 Å². The van der Waals surface area contributed by atoms with Crippen LogP contribution in [0.4, 0.5) is 0 Å². The average Bonchev–Trinajstić information content (AvgIpc) is 3.18. The average molecular weight is 532 g/mol. The van der Waals surface area contributed by atoms with Crippen molar-refractivity contribution in [3.8, 4) is 17.1 Å². The number of benzene rings is 2. The van der Waals surface area contributed by atoms with Gasteiger partial charge in [0.15, 0.2) is 5.88 Å². The lowest BCUT2D eigenvalue weighted by Gasteiger charge is -2.14. The molecule has 0 saturated carbocycles. The quantitative estimate of drug-likeness (QED) is 0.233. The highest BCUT2D eigenvalue weighted by molar-refractivity contribution is 14.1. The first-order valence-corrected chi connectivity index (χ1v) is 10.0. The Balaban J connectivity index is 1.99. The van der Waals surface area contributed by atoms with E-state index < -0.39 is 5.91 Å². The molecular weight excluding hydrogens is 521 g/mol. The van der Waals surface area contributed by atoms with E-state index >= 15 is 0 Å². The molecule has 4 rings (SSSR count). The molecule has 0 unspecified atom stereocenters. The van der Waals surface area contributed by atoms with Crippen LogP contribution in [0.3, 0.4) is 0 Å². The number of H-pyrrole nitrogens is 1. The van der Waals surface area contributed by atoms with Gasteiger partial charge >= 0.3 is 0 Å². The van der Waals surface area contributed by atoms with Gasteiger partial charge in [-0.1, -0.05) is 65.1 Å². The number of aromatic hydroxyl groups is 1. The van der Waals surface area contributed by atoms with Gasteiger partial charge in [-0.25, -0.2) is 4.99 Å². The summed E-state index contributed by atoms with van der Waals surface area (Å²) >= 11 is 20.8. The maximum Gasteiger partial charge on any atom is 0.280 e. The summed E-state index contributed by atoms with van der Waals surface area (Å²) in [7, 11) is 0. The summed E-state index contributed by atoms with van der Waals surface area (Å²) in [6, 6.07) is 9.28. The van der Waals surface area contributed by atoms with Gasteiger partial charge in [-0.05, 0) is 40.6 Å². The lowest BCUT2D eigenvalue weighted by atomic mass is 9.97. The van der Waals surface area contributed by atoms with Crippen LogP contribution in [0.2, 0.25) is 15.1 Å². The van der Waals surface area contributed by atoms with Crippen LogP contribution in [0.1, 0.15) is 27.0 Å². The summed E-state index contributed by atoms with van der Waals surface area (Å²) in [5.74, 6) is -0.571. The summed E-state index contributed by atoms with van der Waals surface area (Å²) < 4.78 is 0.613. The number of fused-ring (bicyclic) bond motifs is 1. The predicted molar refractivity (Wildman–Crippen MR) is 117 cm³/mol. The number of aliphatic imine (C=N–C) groups is 1. The van der Waals surface area contributed by atoms with Gasteiger partial charge in [-0.15, -0.1) is 0 Å². The Labute approximate surface area is 183 Å². The third-order valence-electron chi connectivity index (χ3n) is 4.45. The fourth-order valence-corrected chi connectivity index (χ4v) is 4.92. The zero-order valence-electron chi connectivity index (χ0n) is 13.7. The number of nitrogens with zero attached hydrogens (tertiary/aromatic N) is 1. The largest absolute Gasteiger partial charge is 0.494 e. The minimum atomic E-state index is -0.437. The molecule has 0 aliphatic carbocycles. The SMILES string of the molecule is Cc1c(Cl)c(Cl)c(Cl)c(I)c1C1=NC(=O)c2c(-c3ccccc3)[nH]c(O)c21. The molecule has 136 valence electrons. The Bertz CT molecular complexity index is 1120. The molecule has 0 fully saturated rings. The van der Waals surface area contributed by atoms with E-state index in [1.807, 2.05) is 52.9 Å². The Morgan fingerprint density at radius 3 is 2.33 bits per heavy atom.